The van der Waals surface area contributed by atoms with E-state index in [9.17, 15) is 0 Å². The Morgan fingerprint density at radius 3 is 2.33 bits per heavy atom. The van der Waals surface area contributed by atoms with Crippen LogP contribution in [0.3, 0.4) is 0 Å². The Labute approximate surface area is 125 Å². The van der Waals surface area contributed by atoms with E-state index in [0.29, 0.717) is 30.4 Å². The van der Waals surface area contributed by atoms with Crippen LogP contribution in [0.15, 0.2) is 6.07 Å². The van der Waals surface area contributed by atoms with Crippen LogP contribution in [0.25, 0.3) is 0 Å². The van der Waals surface area contributed by atoms with Gasteiger partial charge in [0, 0.05) is 19.7 Å². The van der Waals surface area contributed by atoms with Crippen molar-refractivity contribution in [3.8, 4) is 11.8 Å². The first-order valence-electron chi connectivity index (χ1n) is 7.30. The molecule has 0 atom stereocenters. The molecule has 0 spiro atoms. The van der Waals surface area contributed by atoms with Crippen molar-refractivity contribution in [1.29, 1.82) is 0 Å². The molecule has 21 heavy (non-hydrogen) atoms. The summed E-state index contributed by atoms with van der Waals surface area (Å²) in [6, 6.07) is 1.67. The van der Waals surface area contributed by atoms with Crippen molar-refractivity contribution in [2.75, 3.05) is 45.4 Å². The van der Waals surface area contributed by atoms with Crippen LogP contribution < -0.4 is 20.1 Å². The monoisotopic (exact) mass is 296 g/mol. The normalized spacial score (nSPS) is 16.0. The fraction of sp³-hybridized carbons (Fsp3) is 0.714. The number of aromatic nitrogens is 2. The maximum atomic E-state index is 5.80. The van der Waals surface area contributed by atoms with Crippen LogP contribution in [0.5, 0.6) is 11.8 Å². The minimum atomic E-state index is 0.306. The second kappa shape index (κ2) is 7.99. The molecular weight excluding hydrogens is 272 g/mol. The molecule has 1 aromatic heterocycles. The molecule has 7 heteroatoms. The van der Waals surface area contributed by atoms with E-state index in [1.807, 2.05) is 0 Å². The topological polar surface area (TPSA) is 82.7 Å². The van der Waals surface area contributed by atoms with Crippen LogP contribution in [0.4, 0.5) is 5.95 Å². The minimum absolute atomic E-state index is 0.306. The summed E-state index contributed by atoms with van der Waals surface area (Å²) in [6.07, 6.45) is 3.15. The highest BCUT2D eigenvalue weighted by atomic mass is 16.5. The van der Waals surface area contributed by atoms with Gasteiger partial charge in [-0.2, -0.15) is 9.97 Å². The van der Waals surface area contributed by atoms with Crippen LogP contribution in [0.1, 0.15) is 19.3 Å². The van der Waals surface area contributed by atoms with E-state index in [1.54, 1.807) is 20.3 Å². The lowest BCUT2D eigenvalue weighted by atomic mass is 10.1. The van der Waals surface area contributed by atoms with Gasteiger partial charge in [-0.05, 0) is 25.8 Å². The zero-order valence-electron chi connectivity index (χ0n) is 12.7. The third-order valence-electron chi connectivity index (χ3n) is 3.51. The van der Waals surface area contributed by atoms with Gasteiger partial charge in [-0.3, -0.25) is 0 Å². The molecule has 0 aliphatic carbocycles. The summed E-state index contributed by atoms with van der Waals surface area (Å²) >= 11 is 0. The van der Waals surface area contributed by atoms with Crippen molar-refractivity contribution in [2.45, 2.75) is 25.4 Å². The SMILES string of the molecule is COc1cc(OC)nc(N2CCC(OCCCN)CC2)n1. The van der Waals surface area contributed by atoms with Crippen molar-refractivity contribution in [3.05, 3.63) is 6.07 Å². The molecule has 1 fully saturated rings. The van der Waals surface area contributed by atoms with E-state index in [2.05, 4.69) is 14.9 Å². The van der Waals surface area contributed by atoms with Crippen molar-refractivity contribution < 1.29 is 14.2 Å². The van der Waals surface area contributed by atoms with Crippen LogP contribution in [-0.2, 0) is 4.74 Å². The van der Waals surface area contributed by atoms with Crippen LogP contribution in [-0.4, -0.2) is 56.5 Å². The highest BCUT2D eigenvalue weighted by Gasteiger charge is 2.22. The lowest BCUT2D eigenvalue weighted by Gasteiger charge is -2.32. The largest absolute Gasteiger partial charge is 0.481 e. The molecule has 0 aromatic carbocycles. The smallest absolute Gasteiger partial charge is 0.231 e. The predicted molar refractivity (Wildman–Crippen MR) is 80.0 cm³/mol. The number of methoxy groups -OCH3 is 2. The van der Waals surface area contributed by atoms with Gasteiger partial charge in [-0.15, -0.1) is 0 Å². The number of nitrogens with zero attached hydrogens (tertiary/aromatic N) is 3. The third-order valence-corrected chi connectivity index (χ3v) is 3.51. The predicted octanol–water partition coefficient (Wildman–Crippen LogP) is 0.828. The third kappa shape index (κ3) is 4.44. The Kier molecular flexibility index (Phi) is 6.01. The molecular formula is C14H24N4O3. The lowest BCUT2D eigenvalue weighted by molar-refractivity contribution is 0.0364. The van der Waals surface area contributed by atoms with Gasteiger partial charge in [0.05, 0.1) is 26.4 Å². The van der Waals surface area contributed by atoms with E-state index in [-0.39, 0.29) is 0 Å². The molecule has 0 unspecified atom stereocenters. The number of nitrogens with two attached hydrogens (primary N) is 1. The van der Waals surface area contributed by atoms with E-state index in [1.165, 1.54) is 0 Å². The molecule has 0 saturated carbocycles. The maximum absolute atomic E-state index is 5.80. The molecule has 0 bridgehead atoms. The molecule has 1 aliphatic rings. The van der Waals surface area contributed by atoms with Crippen LogP contribution in [0.2, 0.25) is 0 Å². The van der Waals surface area contributed by atoms with E-state index in [4.69, 9.17) is 19.9 Å². The van der Waals surface area contributed by atoms with Crippen LogP contribution in [0, 0.1) is 0 Å². The zero-order valence-corrected chi connectivity index (χ0v) is 12.7. The number of hydrogen-bond donors (Lipinski definition) is 1. The highest BCUT2D eigenvalue weighted by Crippen LogP contribution is 2.23. The molecule has 1 saturated heterocycles. The first-order chi connectivity index (χ1) is 10.3. The first kappa shape index (κ1) is 15.8. The van der Waals surface area contributed by atoms with E-state index < -0.39 is 0 Å². The highest BCUT2D eigenvalue weighted by molar-refractivity contribution is 5.37. The summed E-state index contributed by atoms with van der Waals surface area (Å²) in [5.41, 5.74) is 5.47. The number of ether oxygens (including phenoxy) is 3. The van der Waals surface area contributed by atoms with Gasteiger partial charge in [0.2, 0.25) is 17.7 Å². The van der Waals surface area contributed by atoms with Gasteiger partial charge in [-0.25, -0.2) is 0 Å². The standard InChI is InChI=1S/C14H24N4O3/c1-19-12-10-13(20-2)17-14(16-12)18-7-4-11(5-8-18)21-9-3-6-15/h10-11H,3-9,15H2,1-2H3. The number of piperidine rings is 1. The fourth-order valence-corrected chi connectivity index (χ4v) is 2.30. The molecule has 2 heterocycles. The first-order valence-corrected chi connectivity index (χ1v) is 7.30. The average Bonchev–Trinajstić information content (AvgIpc) is 2.55. The fourth-order valence-electron chi connectivity index (χ4n) is 2.30. The molecule has 118 valence electrons. The summed E-state index contributed by atoms with van der Waals surface area (Å²) in [4.78, 5) is 10.9. The Morgan fingerprint density at radius 1 is 1.19 bits per heavy atom. The molecule has 2 N–H and O–H groups in total. The lowest BCUT2D eigenvalue weighted by Crippen LogP contribution is -2.38. The molecule has 0 amide bonds. The van der Waals surface area contributed by atoms with Crippen molar-refractivity contribution >= 4 is 5.95 Å². The number of hydrogen-bond acceptors (Lipinski definition) is 7. The van der Waals surface area contributed by atoms with Crippen LogP contribution >= 0.6 is 0 Å². The summed E-state index contributed by atoms with van der Waals surface area (Å²) in [7, 11) is 3.17. The van der Waals surface area contributed by atoms with Gasteiger partial charge in [0.25, 0.3) is 0 Å². The zero-order chi connectivity index (χ0) is 15.1. The van der Waals surface area contributed by atoms with Crippen molar-refractivity contribution in [3.63, 3.8) is 0 Å². The van der Waals surface area contributed by atoms with Gasteiger partial charge in [0.1, 0.15) is 0 Å². The molecule has 2 rings (SSSR count). The summed E-state index contributed by atoms with van der Waals surface area (Å²) < 4.78 is 16.2. The quantitative estimate of drug-likeness (QED) is 0.746. The Morgan fingerprint density at radius 2 is 1.81 bits per heavy atom. The summed E-state index contributed by atoms with van der Waals surface area (Å²) in [5, 5.41) is 0. The average molecular weight is 296 g/mol. The summed E-state index contributed by atoms with van der Waals surface area (Å²) in [5.74, 6) is 1.67. The molecule has 0 radical (unpaired) electrons. The van der Waals surface area contributed by atoms with Crippen molar-refractivity contribution in [2.24, 2.45) is 5.73 Å². The Balaban J connectivity index is 1.92. The van der Waals surface area contributed by atoms with E-state index >= 15 is 0 Å². The Bertz CT molecular complexity index is 414. The minimum Gasteiger partial charge on any atom is -0.481 e. The second-order valence-corrected chi connectivity index (χ2v) is 4.95. The van der Waals surface area contributed by atoms with Gasteiger partial charge < -0.3 is 24.8 Å². The van der Waals surface area contributed by atoms with Gasteiger partial charge >= 0.3 is 0 Å². The Hall–Kier alpha value is -1.60. The van der Waals surface area contributed by atoms with Gasteiger partial charge in [-0.1, -0.05) is 0 Å². The number of rotatable bonds is 7. The second-order valence-electron chi connectivity index (χ2n) is 4.95. The molecule has 1 aliphatic heterocycles. The van der Waals surface area contributed by atoms with E-state index in [0.717, 1.165) is 39.0 Å². The van der Waals surface area contributed by atoms with Crippen molar-refractivity contribution in [1.82, 2.24) is 9.97 Å². The maximum Gasteiger partial charge on any atom is 0.231 e. The van der Waals surface area contributed by atoms with Gasteiger partial charge in [0.15, 0.2) is 0 Å². The molecule has 7 nitrogen and oxygen atoms in total. The molecule has 1 aromatic rings. The summed E-state index contributed by atoms with van der Waals surface area (Å²) in [6.45, 7) is 3.15. The number of anilines is 1.